The van der Waals surface area contributed by atoms with E-state index in [2.05, 4.69) is 26.0 Å². The maximum atomic E-state index is 12.4. The Morgan fingerprint density at radius 1 is 0.763 bits per heavy atom. The fraction of sp³-hybridized carbons (Fsp3) is 0.897. The highest BCUT2D eigenvalue weighted by molar-refractivity contribution is 7.47. The minimum absolute atomic E-state index is 0.0949. The Hall–Kier alpha value is -0.760. The van der Waals surface area contributed by atoms with Gasteiger partial charge in [-0.1, -0.05) is 103 Å². The van der Waals surface area contributed by atoms with E-state index in [0.29, 0.717) is 13.0 Å². The lowest BCUT2D eigenvalue weighted by molar-refractivity contribution is -0.154. The van der Waals surface area contributed by atoms with Crippen molar-refractivity contribution in [3.63, 3.8) is 0 Å². The van der Waals surface area contributed by atoms with E-state index in [9.17, 15) is 14.3 Å². The lowest BCUT2D eigenvalue weighted by atomic mass is 10.1. The molecule has 0 aliphatic rings. The molecule has 0 bridgehead atoms. The molecule has 0 spiro atoms. The minimum Gasteiger partial charge on any atom is -0.457 e. The van der Waals surface area contributed by atoms with Crippen LogP contribution in [0.25, 0.3) is 0 Å². The number of unbranched alkanes of at least 4 members (excludes halogenated alkanes) is 14. The first-order valence-electron chi connectivity index (χ1n) is 15.2. The van der Waals surface area contributed by atoms with Gasteiger partial charge in [-0.2, -0.15) is 0 Å². The minimum atomic E-state index is -4.25. The third kappa shape index (κ3) is 26.8. The first kappa shape index (κ1) is 37.2. The summed E-state index contributed by atoms with van der Waals surface area (Å²) in [6, 6.07) is 0. The van der Waals surface area contributed by atoms with Crippen LogP contribution in [0.3, 0.4) is 0 Å². The number of ether oxygens (including phenoxy) is 2. The Balaban J connectivity index is 4.20. The molecule has 0 aromatic carbocycles. The van der Waals surface area contributed by atoms with Gasteiger partial charge in [0.05, 0.1) is 19.8 Å². The Labute approximate surface area is 233 Å². The molecule has 0 radical (unpaired) electrons. The molecular weight excluding hydrogens is 505 g/mol. The van der Waals surface area contributed by atoms with E-state index in [-0.39, 0.29) is 32.3 Å². The topological polar surface area (TPSA) is 117 Å². The molecule has 2 atom stereocenters. The number of allylic oxidation sites excluding steroid dienone is 2. The van der Waals surface area contributed by atoms with Crippen LogP contribution in [0.1, 0.15) is 129 Å². The molecule has 0 aliphatic heterocycles. The number of nitrogens with two attached hydrogens (primary N) is 1. The third-order valence-corrected chi connectivity index (χ3v) is 7.17. The van der Waals surface area contributed by atoms with Crippen molar-refractivity contribution < 1.29 is 32.8 Å². The summed E-state index contributed by atoms with van der Waals surface area (Å²) in [6.45, 7) is 4.83. The monoisotopic (exact) mass is 563 g/mol. The molecule has 9 heteroatoms. The lowest BCUT2D eigenvalue weighted by Gasteiger charge is -2.20. The molecule has 0 aromatic heterocycles. The van der Waals surface area contributed by atoms with Gasteiger partial charge in [0.1, 0.15) is 6.10 Å². The summed E-state index contributed by atoms with van der Waals surface area (Å²) in [7, 11) is -4.25. The van der Waals surface area contributed by atoms with Gasteiger partial charge in [0.25, 0.3) is 0 Å². The molecule has 0 aliphatic carbocycles. The Bertz CT molecular complexity index is 603. The van der Waals surface area contributed by atoms with Gasteiger partial charge in [-0.3, -0.25) is 13.8 Å². The molecule has 0 aromatic rings. The zero-order valence-corrected chi connectivity index (χ0v) is 25.3. The first-order chi connectivity index (χ1) is 18.4. The lowest BCUT2D eigenvalue weighted by Crippen LogP contribution is -2.28. The summed E-state index contributed by atoms with van der Waals surface area (Å²) < 4.78 is 33.0. The molecule has 226 valence electrons. The van der Waals surface area contributed by atoms with Crippen LogP contribution in [0.4, 0.5) is 0 Å². The molecule has 0 fully saturated rings. The molecule has 0 saturated carbocycles. The van der Waals surface area contributed by atoms with Crippen molar-refractivity contribution in [1.82, 2.24) is 0 Å². The van der Waals surface area contributed by atoms with E-state index in [0.717, 1.165) is 44.9 Å². The van der Waals surface area contributed by atoms with Crippen LogP contribution in [0.2, 0.25) is 0 Å². The number of phosphoric ester groups is 1. The van der Waals surface area contributed by atoms with E-state index >= 15 is 0 Å². The summed E-state index contributed by atoms with van der Waals surface area (Å²) in [5, 5.41) is 0. The smallest absolute Gasteiger partial charge is 0.457 e. The average Bonchev–Trinajstić information content (AvgIpc) is 2.90. The van der Waals surface area contributed by atoms with Crippen molar-refractivity contribution in [3.8, 4) is 0 Å². The highest BCUT2D eigenvalue weighted by atomic mass is 31.2. The van der Waals surface area contributed by atoms with Crippen LogP contribution < -0.4 is 5.73 Å². The standard InChI is InChI=1S/C29H58NO7P/c1-3-5-7-9-11-13-14-15-16-18-20-22-29(31)37-28(27-36-38(32,33)35-25-23-30)26-34-24-21-19-17-12-10-8-6-4-2/h9,11,28H,3-8,10,12-27,30H2,1-2H3,(H,32,33)/b11-9-. The quantitative estimate of drug-likeness (QED) is 0.0413. The molecule has 8 nitrogen and oxygen atoms in total. The molecule has 0 heterocycles. The van der Waals surface area contributed by atoms with Crippen molar-refractivity contribution in [2.45, 2.75) is 136 Å². The van der Waals surface area contributed by atoms with Crippen molar-refractivity contribution in [2.24, 2.45) is 5.73 Å². The Morgan fingerprint density at radius 3 is 2.00 bits per heavy atom. The maximum Gasteiger partial charge on any atom is 0.472 e. The average molecular weight is 564 g/mol. The van der Waals surface area contributed by atoms with Gasteiger partial charge >= 0.3 is 13.8 Å². The fourth-order valence-corrected chi connectivity index (χ4v) is 4.68. The van der Waals surface area contributed by atoms with E-state index < -0.39 is 13.9 Å². The number of esters is 1. The summed E-state index contributed by atoms with van der Waals surface area (Å²) >= 11 is 0. The third-order valence-electron chi connectivity index (χ3n) is 6.18. The number of carbonyl (C=O) groups excluding carboxylic acids is 1. The van der Waals surface area contributed by atoms with Crippen molar-refractivity contribution in [1.29, 1.82) is 0 Å². The summed E-state index contributed by atoms with van der Waals surface area (Å²) in [4.78, 5) is 22.1. The Morgan fingerprint density at radius 2 is 1.34 bits per heavy atom. The second-order valence-corrected chi connectivity index (χ2v) is 11.4. The SMILES string of the molecule is CCCC/C=C\CCCCCCCC(=O)OC(COCCCCCCCCCC)COP(=O)(O)OCCN. The molecule has 0 rings (SSSR count). The van der Waals surface area contributed by atoms with E-state index in [1.54, 1.807) is 0 Å². The van der Waals surface area contributed by atoms with Gasteiger partial charge in [-0.15, -0.1) is 0 Å². The van der Waals surface area contributed by atoms with Crippen molar-refractivity contribution >= 4 is 13.8 Å². The van der Waals surface area contributed by atoms with Crippen LogP contribution in [-0.4, -0.2) is 49.9 Å². The van der Waals surface area contributed by atoms with Crippen LogP contribution in [-0.2, 0) is 27.9 Å². The largest absolute Gasteiger partial charge is 0.472 e. The highest BCUT2D eigenvalue weighted by Crippen LogP contribution is 2.43. The van der Waals surface area contributed by atoms with Crippen LogP contribution in [0, 0.1) is 0 Å². The first-order valence-corrected chi connectivity index (χ1v) is 16.7. The van der Waals surface area contributed by atoms with Crippen LogP contribution in [0.15, 0.2) is 12.2 Å². The van der Waals surface area contributed by atoms with Gasteiger partial charge in [-0.25, -0.2) is 4.57 Å². The molecule has 0 saturated heterocycles. The molecule has 38 heavy (non-hydrogen) atoms. The summed E-state index contributed by atoms with van der Waals surface area (Å²) in [6.07, 6.45) is 23.7. The van der Waals surface area contributed by atoms with Crippen molar-refractivity contribution in [3.05, 3.63) is 12.2 Å². The second-order valence-electron chi connectivity index (χ2n) is 9.97. The van der Waals surface area contributed by atoms with Gasteiger partial charge < -0.3 is 20.1 Å². The molecule has 0 amide bonds. The number of hydrogen-bond donors (Lipinski definition) is 2. The van der Waals surface area contributed by atoms with Gasteiger partial charge in [0, 0.05) is 19.6 Å². The Kier molecular flexibility index (Phi) is 27.2. The molecular formula is C29H58NO7P. The second kappa shape index (κ2) is 27.8. The number of carbonyl (C=O) groups is 1. The number of rotatable bonds is 29. The van der Waals surface area contributed by atoms with Gasteiger partial charge in [0.15, 0.2) is 0 Å². The predicted molar refractivity (Wildman–Crippen MR) is 155 cm³/mol. The fourth-order valence-electron chi connectivity index (χ4n) is 3.92. The van der Waals surface area contributed by atoms with E-state index in [1.807, 2.05) is 0 Å². The van der Waals surface area contributed by atoms with Gasteiger partial charge in [-0.05, 0) is 32.1 Å². The number of hydrogen-bond acceptors (Lipinski definition) is 7. The van der Waals surface area contributed by atoms with E-state index in [4.69, 9.17) is 24.3 Å². The van der Waals surface area contributed by atoms with E-state index in [1.165, 1.54) is 64.2 Å². The zero-order valence-electron chi connectivity index (χ0n) is 24.4. The zero-order chi connectivity index (χ0) is 28.2. The van der Waals surface area contributed by atoms with Crippen LogP contribution in [0.5, 0.6) is 0 Å². The maximum absolute atomic E-state index is 12.4. The molecule has 3 N–H and O–H groups in total. The molecule has 2 unspecified atom stereocenters. The van der Waals surface area contributed by atoms with Crippen molar-refractivity contribution in [2.75, 3.05) is 33.0 Å². The predicted octanol–water partition coefficient (Wildman–Crippen LogP) is 7.62. The van der Waals surface area contributed by atoms with Crippen LogP contribution >= 0.6 is 7.82 Å². The number of phosphoric acid groups is 1. The summed E-state index contributed by atoms with van der Waals surface area (Å²) in [5.41, 5.74) is 5.31. The summed E-state index contributed by atoms with van der Waals surface area (Å²) in [5.74, 6) is -0.344. The normalized spacial score (nSPS) is 14.1. The van der Waals surface area contributed by atoms with Gasteiger partial charge in [0.2, 0.25) is 0 Å². The highest BCUT2D eigenvalue weighted by Gasteiger charge is 2.25.